The molecule has 5 nitrogen and oxygen atoms in total. The third kappa shape index (κ3) is 2.92. The fourth-order valence-electron chi connectivity index (χ4n) is 1.80. The molecule has 1 heterocycles. The smallest absolute Gasteiger partial charge is 0.245 e. The van der Waals surface area contributed by atoms with Crippen LogP contribution in [0.25, 0.3) is 0 Å². The van der Waals surface area contributed by atoms with Crippen molar-refractivity contribution in [2.45, 2.75) is 32.4 Å². The van der Waals surface area contributed by atoms with E-state index in [-0.39, 0.29) is 17.9 Å². The highest BCUT2D eigenvalue weighted by atomic mass is 16.2. The average molecular weight is 213 g/mol. The topological polar surface area (TPSA) is 61.4 Å². The van der Waals surface area contributed by atoms with E-state index in [4.69, 9.17) is 0 Å². The number of rotatable bonds is 3. The van der Waals surface area contributed by atoms with E-state index in [0.717, 1.165) is 6.54 Å². The molecule has 2 N–H and O–H groups in total. The Labute approximate surface area is 90.2 Å². The molecule has 0 radical (unpaired) electrons. The van der Waals surface area contributed by atoms with E-state index < -0.39 is 6.04 Å². The van der Waals surface area contributed by atoms with Crippen LogP contribution in [0.15, 0.2) is 0 Å². The number of hydrogen-bond acceptors (Lipinski definition) is 3. The molecule has 2 amide bonds. The van der Waals surface area contributed by atoms with Crippen molar-refractivity contribution in [1.29, 1.82) is 0 Å². The lowest BCUT2D eigenvalue weighted by Crippen LogP contribution is -2.48. The molecule has 0 spiro atoms. The highest BCUT2D eigenvalue weighted by Gasteiger charge is 2.28. The molecule has 0 bridgehead atoms. The maximum Gasteiger partial charge on any atom is 0.245 e. The second kappa shape index (κ2) is 5.11. The van der Waals surface area contributed by atoms with Gasteiger partial charge in [-0.2, -0.15) is 0 Å². The van der Waals surface area contributed by atoms with Gasteiger partial charge >= 0.3 is 0 Å². The largest absolute Gasteiger partial charge is 0.345 e. The van der Waals surface area contributed by atoms with Crippen LogP contribution in [-0.4, -0.2) is 48.9 Å². The van der Waals surface area contributed by atoms with Gasteiger partial charge in [0, 0.05) is 25.6 Å². The summed E-state index contributed by atoms with van der Waals surface area (Å²) in [5.74, 6) is -0.0430. The fraction of sp³-hybridized carbons (Fsp3) is 0.800. The summed E-state index contributed by atoms with van der Waals surface area (Å²) in [7, 11) is 1.85. The van der Waals surface area contributed by atoms with E-state index in [1.165, 1.54) is 0 Å². The van der Waals surface area contributed by atoms with E-state index in [2.05, 4.69) is 10.6 Å². The zero-order valence-corrected chi connectivity index (χ0v) is 9.54. The number of nitrogens with one attached hydrogen (secondary N) is 2. The maximum atomic E-state index is 11.9. The van der Waals surface area contributed by atoms with Gasteiger partial charge in [0.1, 0.15) is 6.04 Å². The molecule has 2 atom stereocenters. The summed E-state index contributed by atoms with van der Waals surface area (Å²) in [6.45, 7) is 4.96. The first kappa shape index (κ1) is 12.0. The first-order chi connectivity index (χ1) is 7.06. The maximum absolute atomic E-state index is 11.9. The van der Waals surface area contributed by atoms with E-state index in [1.54, 1.807) is 11.8 Å². The highest BCUT2D eigenvalue weighted by molar-refractivity contribution is 5.89. The van der Waals surface area contributed by atoms with Crippen molar-refractivity contribution in [2.75, 3.05) is 20.1 Å². The number of carbonyl (C=O) groups excluding carboxylic acids is 2. The molecule has 0 aromatic carbocycles. The van der Waals surface area contributed by atoms with Crippen LogP contribution in [0.4, 0.5) is 0 Å². The molecule has 1 fully saturated rings. The Bertz CT molecular complexity index is 255. The average Bonchev–Trinajstić information content (AvgIpc) is 2.28. The van der Waals surface area contributed by atoms with Gasteiger partial charge in [0.25, 0.3) is 0 Å². The van der Waals surface area contributed by atoms with Crippen LogP contribution >= 0.6 is 0 Å². The number of likely N-dealkylation sites (N-methyl/N-ethyl adjacent to an activating group) is 1. The van der Waals surface area contributed by atoms with Crippen molar-refractivity contribution >= 4 is 11.8 Å². The van der Waals surface area contributed by atoms with Crippen LogP contribution < -0.4 is 10.6 Å². The molecule has 1 rings (SSSR count). The van der Waals surface area contributed by atoms with Gasteiger partial charge in [0.15, 0.2) is 0 Å². The highest BCUT2D eigenvalue weighted by Crippen LogP contribution is 2.07. The molecule has 0 aromatic rings. The van der Waals surface area contributed by atoms with Crippen LogP contribution in [0.1, 0.15) is 20.3 Å². The lowest BCUT2D eigenvalue weighted by Gasteiger charge is -2.28. The van der Waals surface area contributed by atoms with Crippen LogP contribution in [0.2, 0.25) is 0 Å². The summed E-state index contributed by atoms with van der Waals surface area (Å²) in [4.78, 5) is 24.9. The third-order valence-corrected chi connectivity index (χ3v) is 2.64. The minimum Gasteiger partial charge on any atom is -0.345 e. The summed E-state index contributed by atoms with van der Waals surface area (Å²) in [5, 5.41) is 5.70. The van der Waals surface area contributed by atoms with Gasteiger partial charge in [-0.15, -0.1) is 0 Å². The van der Waals surface area contributed by atoms with Crippen LogP contribution in [0, 0.1) is 0 Å². The lowest BCUT2D eigenvalue weighted by atomic mass is 10.2. The molecule has 15 heavy (non-hydrogen) atoms. The zero-order chi connectivity index (χ0) is 11.4. The Morgan fingerprint density at radius 1 is 1.60 bits per heavy atom. The van der Waals surface area contributed by atoms with Gasteiger partial charge in [-0.1, -0.05) is 0 Å². The van der Waals surface area contributed by atoms with Gasteiger partial charge < -0.3 is 15.5 Å². The summed E-state index contributed by atoms with van der Waals surface area (Å²) < 4.78 is 0. The second-order valence-corrected chi connectivity index (χ2v) is 3.98. The minimum absolute atomic E-state index is 0.00333. The molecule has 1 saturated heterocycles. The summed E-state index contributed by atoms with van der Waals surface area (Å²) in [6, 6.07) is -0.281. The minimum atomic E-state index is -0.403. The molecule has 5 heteroatoms. The van der Waals surface area contributed by atoms with E-state index in [0.29, 0.717) is 13.0 Å². The Balaban J connectivity index is 2.70. The van der Waals surface area contributed by atoms with Gasteiger partial charge in [-0.25, -0.2) is 0 Å². The second-order valence-electron chi connectivity index (χ2n) is 3.98. The molecule has 0 aliphatic carbocycles. The van der Waals surface area contributed by atoms with E-state index >= 15 is 0 Å². The molecule has 1 aliphatic rings. The lowest BCUT2D eigenvalue weighted by molar-refractivity contribution is -0.134. The summed E-state index contributed by atoms with van der Waals surface area (Å²) in [5.41, 5.74) is 0. The van der Waals surface area contributed by atoms with E-state index in [9.17, 15) is 9.59 Å². The van der Waals surface area contributed by atoms with Gasteiger partial charge in [-0.3, -0.25) is 9.59 Å². The Morgan fingerprint density at radius 3 is 2.87 bits per heavy atom. The van der Waals surface area contributed by atoms with Crippen molar-refractivity contribution in [3.63, 3.8) is 0 Å². The first-order valence-corrected chi connectivity index (χ1v) is 5.30. The first-order valence-electron chi connectivity index (χ1n) is 5.30. The number of nitrogens with zero attached hydrogens (tertiary/aromatic N) is 1. The summed E-state index contributed by atoms with van der Waals surface area (Å²) >= 11 is 0. The quantitative estimate of drug-likeness (QED) is 0.653. The Kier molecular flexibility index (Phi) is 4.08. The standard InChI is InChI=1S/C10H19N3O2/c1-7(6-11-3)13-5-4-9(14)12-8(2)10(13)15/h7-8,11H,4-6H2,1-3H3,(H,12,14). The van der Waals surface area contributed by atoms with Gasteiger partial charge in [0.2, 0.25) is 11.8 Å². The predicted molar refractivity (Wildman–Crippen MR) is 57.3 cm³/mol. The van der Waals surface area contributed by atoms with Crippen molar-refractivity contribution < 1.29 is 9.59 Å². The molecule has 0 aromatic heterocycles. The van der Waals surface area contributed by atoms with Crippen molar-refractivity contribution in [2.24, 2.45) is 0 Å². The molecule has 0 saturated carbocycles. The third-order valence-electron chi connectivity index (χ3n) is 2.64. The predicted octanol–water partition coefficient (Wildman–Crippen LogP) is -0.669. The SMILES string of the molecule is CNCC(C)N1CCC(=O)NC(C)C1=O. The monoisotopic (exact) mass is 213 g/mol. The normalized spacial score (nSPS) is 24.7. The molecule has 1 aliphatic heterocycles. The fourth-order valence-corrected chi connectivity index (χ4v) is 1.80. The number of hydrogen-bond donors (Lipinski definition) is 2. The van der Waals surface area contributed by atoms with Crippen molar-refractivity contribution in [3.8, 4) is 0 Å². The zero-order valence-electron chi connectivity index (χ0n) is 9.54. The molecular formula is C10H19N3O2. The van der Waals surface area contributed by atoms with E-state index in [1.807, 2.05) is 14.0 Å². The molecule has 86 valence electrons. The number of amides is 2. The number of carbonyl (C=O) groups is 2. The van der Waals surface area contributed by atoms with Gasteiger partial charge in [0.05, 0.1) is 0 Å². The van der Waals surface area contributed by atoms with Crippen LogP contribution in [0.5, 0.6) is 0 Å². The van der Waals surface area contributed by atoms with Gasteiger partial charge in [-0.05, 0) is 20.9 Å². The Morgan fingerprint density at radius 2 is 2.27 bits per heavy atom. The summed E-state index contributed by atoms with van der Waals surface area (Å²) in [6.07, 6.45) is 0.393. The van der Waals surface area contributed by atoms with Crippen LogP contribution in [0.3, 0.4) is 0 Å². The van der Waals surface area contributed by atoms with Crippen LogP contribution in [-0.2, 0) is 9.59 Å². The van der Waals surface area contributed by atoms with Crippen molar-refractivity contribution in [3.05, 3.63) is 0 Å². The molecule has 2 unspecified atom stereocenters. The Hall–Kier alpha value is -1.10. The van der Waals surface area contributed by atoms with Crippen molar-refractivity contribution in [1.82, 2.24) is 15.5 Å². The molecular weight excluding hydrogens is 194 g/mol.